The number of hydrogen-bond donors (Lipinski definition) is 0. The second-order valence-corrected chi connectivity index (χ2v) is 5.32. The highest BCUT2D eigenvalue weighted by molar-refractivity contribution is 9.10. The van der Waals surface area contributed by atoms with Crippen LogP contribution in [0.25, 0.3) is 0 Å². The molecule has 0 aromatic heterocycles. The molecule has 0 aliphatic heterocycles. The van der Waals surface area contributed by atoms with Crippen molar-refractivity contribution < 1.29 is 9.53 Å². The van der Waals surface area contributed by atoms with E-state index in [1.807, 2.05) is 55.5 Å². The van der Waals surface area contributed by atoms with Crippen LogP contribution in [0.1, 0.15) is 11.1 Å². The van der Waals surface area contributed by atoms with Gasteiger partial charge >= 0.3 is 0 Å². The van der Waals surface area contributed by atoms with Crippen LogP contribution in [0.4, 0.5) is 0 Å². The number of hydrogen-bond acceptors (Lipinski definition) is 2. The van der Waals surface area contributed by atoms with E-state index < -0.39 is 0 Å². The fraction of sp³-hybridized carbons (Fsp3) is 0.188. The van der Waals surface area contributed by atoms with Gasteiger partial charge < -0.3 is 4.74 Å². The van der Waals surface area contributed by atoms with Crippen LogP contribution in [0.2, 0.25) is 0 Å². The van der Waals surface area contributed by atoms with Crippen molar-refractivity contribution in [3.05, 3.63) is 64.1 Å². The van der Waals surface area contributed by atoms with Gasteiger partial charge in [0.2, 0.25) is 0 Å². The monoisotopic (exact) mass is 318 g/mol. The summed E-state index contributed by atoms with van der Waals surface area (Å²) in [4.78, 5) is 11.8. The highest BCUT2D eigenvalue weighted by atomic mass is 79.9. The molecule has 2 nitrogen and oxygen atoms in total. The molecule has 0 amide bonds. The van der Waals surface area contributed by atoms with E-state index in [0.29, 0.717) is 6.42 Å². The quantitative estimate of drug-likeness (QED) is 0.834. The molecule has 2 aromatic carbocycles. The Morgan fingerprint density at radius 1 is 1.16 bits per heavy atom. The molecule has 0 fully saturated rings. The average molecular weight is 319 g/mol. The summed E-state index contributed by atoms with van der Waals surface area (Å²) in [6, 6.07) is 15.4. The maximum atomic E-state index is 11.8. The molecule has 2 aromatic rings. The van der Waals surface area contributed by atoms with Gasteiger partial charge in [0.15, 0.2) is 5.78 Å². The number of aryl methyl sites for hydroxylation is 1. The van der Waals surface area contributed by atoms with Crippen molar-refractivity contribution in [3.63, 3.8) is 0 Å². The van der Waals surface area contributed by atoms with Crippen LogP contribution in [0.15, 0.2) is 53.0 Å². The van der Waals surface area contributed by atoms with Gasteiger partial charge in [0.25, 0.3) is 0 Å². The molecule has 0 N–H and O–H groups in total. The topological polar surface area (TPSA) is 26.3 Å². The molecule has 2 rings (SSSR count). The number of rotatable bonds is 5. The van der Waals surface area contributed by atoms with Crippen LogP contribution >= 0.6 is 15.9 Å². The van der Waals surface area contributed by atoms with Gasteiger partial charge in [0.05, 0.1) is 0 Å². The van der Waals surface area contributed by atoms with Crippen LogP contribution in [0.3, 0.4) is 0 Å². The lowest BCUT2D eigenvalue weighted by Gasteiger charge is -2.08. The zero-order valence-corrected chi connectivity index (χ0v) is 12.3. The second kappa shape index (κ2) is 6.53. The summed E-state index contributed by atoms with van der Waals surface area (Å²) in [5.74, 6) is 0.832. The molecule has 0 unspecified atom stereocenters. The smallest absolute Gasteiger partial charge is 0.174 e. The van der Waals surface area contributed by atoms with Crippen LogP contribution in [-0.2, 0) is 11.2 Å². The molecule has 0 atom stereocenters. The van der Waals surface area contributed by atoms with Gasteiger partial charge in [0, 0.05) is 10.9 Å². The van der Waals surface area contributed by atoms with Crippen LogP contribution in [0.5, 0.6) is 5.75 Å². The fourth-order valence-corrected chi connectivity index (χ4v) is 2.28. The summed E-state index contributed by atoms with van der Waals surface area (Å²) in [5.41, 5.74) is 2.03. The summed E-state index contributed by atoms with van der Waals surface area (Å²) in [6.45, 7) is 2.07. The van der Waals surface area contributed by atoms with Crippen molar-refractivity contribution in [1.82, 2.24) is 0 Å². The van der Waals surface area contributed by atoms with E-state index in [1.165, 1.54) is 0 Å². The molecule has 0 radical (unpaired) electrons. The molecule has 0 heterocycles. The van der Waals surface area contributed by atoms with Crippen molar-refractivity contribution >= 4 is 21.7 Å². The van der Waals surface area contributed by atoms with Gasteiger partial charge in [-0.3, -0.25) is 4.79 Å². The molecule has 0 saturated heterocycles. The summed E-state index contributed by atoms with van der Waals surface area (Å²) < 4.78 is 6.56. The molecular formula is C16H15BrO2. The molecule has 0 spiro atoms. The Morgan fingerprint density at radius 3 is 2.58 bits per heavy atom. The predicted molar refractivity (Wildman–Crippen MR) is 79.5 cm³/mol. The summed E-state index contributed by atoms with van der Waals surface area (Å²) in [6.07, 6.45) is 0.413. The number of ketones is 1. The standard InChI is InChI=1S/C16H15BrO2/c1-12-9-14(17)7-8-16(12)19-11-15(18)10-13-5-3-2-4-6-13/h2-9H,10-11H2,1H3. The molecule has 19 heavy (non-hydrogen) atoms. The van der Waals surface area contributed by atoms with E-state index >= 15 is 0 Å². The highest BCUT2D eigenvalue weighted by Crippen LogP contribution is 2.22. The largest absolute Gasteiger partial charge is 0.486 e. The zero-order chi connectivity index (χ0) is 13.7. The third kappa shape index (κ3) is 4.21. The van der Waals surface area contributed by atoms with Crippen molar-refractivity contribution in [2.75, 3.05) is 6.61 Å². The summed E-state index contributed by atoms with van der Waals surface area (Å²) in [5, 5.41) is 0. The molecule has 0 saturated carbocycles. The second-order valence-electron chi connectivity index (χ2n) is 4.40. The van der Waals surface area contributed by atoms with Crippen molar-refractivity contribution in [2.24, 2.45) is 0 Å². The Morgan fingerprint density at radius 2 is 1.89 bits per heavy atom. The first kappa shape index (κ1) is 13.8. The molecular weight excluding hydrogens is 304 g/mol. The van der Waals surface area contributed by atoms with Gasteiger partial charge in [-0.15, -0.1) is 0 Å². The Labute approximate surface area is 121 Å². The van der Waals surface area contributed by atoms with Crippen molar-refractivity contribution in [3.8, 4) is 5.75 Å². The third-order valence-electron chi connectivity index (χ3n) is 2.77. The maximum absolute atomic E-state index is 11.8. The third-order valence-corrected chi connectivity index (χ3v) is 3.26. The maximum Gasteiger partial charge on any atom is 0.174 e. The van der Waals surface area contributed by atoms with E-state index in [4.69, 9.17) is 4.74 Å². The SMILES string of the molecule is Cc1cc(Br)ccc1OCC(=O)Cc1ccccc1. The van der Waals surface area contributed by atoms with E-state index in [0.717, 1.165) is 21.3 Å². The Balaban J connectivity index is 1.90. The molecule has 3 heteroatoms. The number of halogens is 1. The van der Waals surface area contributed by atoms with Gasteiger partial charge in [-0.25, -0.2) is 0 Å². The first-order valence-electron chi connectivity index (χ1n) is 6.10. The molecule has 0 aliphatic rings. The summed E-state index contributed by atoms with van der Waals surface area (Å²) in [7, 11) is 0. The Hall–Kier alpha value is -1.61. The number of benzene rings is 2. The Bertz CT molecular complexity index is 564. The Kier molecular flexibility index (Phi) is 4.74. The van der Waals surface area contributed by atoms with Crippen molar-refractivity contribution in [2.45, 2.75) is 13.3 Å². The zero-order valence-electron chi connectivity index (χ0n) is 10.7. The lowest BCUT2D eigenvalue weighted by atomic mass is 10.1. The van der Waals surface area contributed by atoms with E-state index in [9.17, 15) is 4.79 Å². The minimum absolute atomic E-state index is 0.0773. The number of ether oxygens (including phenoxy) is 1. The first-order valence-corrected chi connectivity index (χ1v) is 6.89. The normalized spacial score (nSPS) is 10.2. The van der Waals surface area contributed by atoms with E-state index in [1.54, 1.807) is 0 Å². The van der Waals surface area contributed by atoms with Gasteiger partial charge in [-0.1, -0.05) is 46.3 Å². The van der Waals surface area contributed by atoms with Gasteiger partial charge in [-0.2, -0.15) is 0 Å². The first-order chi connectivity index (χ1) is 9.15. The number of Topliss-reactive ketones (excluding diaryl/α,β-unsaturated/α-hetero) is 1. The van der Waals surface area contributed by atoms with Gasteiger partial charge in [0.1, 0.15) is 12.4 Å². The molecule has 0 aliphatic carbocycles. The van der Waals surface area contributed by atoms with Crippen LogP contribution in [-0.4, -0.2) is 12.4 Å². The van der Waals surface area contributed by atoms with E-state index in [-0.39, 0.29) is 12.4 Å². The highest BCUT2D eigenvalue weighted by Gasteiger charge is 2.06. The average Bonchev–Trinajstić information content (AvgIpc) is 2.39. The van der Waals surface area contributed by atoms with Crippen LogP contribution in [0, 0.1) is 6.92 Å². The molecule has 98 valence electrons. The fourth-order valence-electron chi connectivity index (χ4n) is 1.81. The molecule has 0 bridgehead atoms. The minimum Gasteiger partial charge on any atom is -0.486 e. The lowest BCUT2D eigenvalue weighted by molar-refractivity contribution is -0.120. The summed E-state index contributed by atoms with van der Waals surface area (Å²) >= 11 is 3.40. The number of carbonyl (C=O) groups is 1. The predicted octanol–water partition coefficient (Wildman–Crippen LogP) is 3.95. The van der Waals surface area contributed by atoms with E-state index in [2.05, 4.69) is 15.9 Å². The van der Waals surface area contributed by atoms with Crippen LogP contribution < -0.4 is 4.74 Å². The minimum atomic E-state index is 0.0773. The lowest BCUT2D eigenvalue weighted by Crippen LogP contribution is -2.14. The van der Waals surface area contributed by atoms with Gasteiger partial charge in [-0.05, 0) is 36.2 Å². The number of carbonyl (C=O) groups excluding carboxylic acids is 1. The van der Waals surface area contributed by atoms with Crippen molar-refractivity contribution in [1.29, 1.82) is 0 Å².